The molecule has 1 aromatic carbocycles. The van der Waals surface area contributed by atoms with Crippen molar-refractivity contribution in [1.29, 1.82) is 0 Å². The van der Waals surface area contributed by atoms with E-state index in [0.717, 1.165) is 22.2 Å². The molecule has 96 valence electrons. The maximum Gasteiger partial charge on any atom is 0.125 e. The van der Waals surface area contributed by atoms with Crippen molar-refractivity contribution in [1.82, 2.24) is 15.2 Å². The van der Waals surface area contributed by atoms with Crippen molar-refractivity contribution in [2.24, 2.45) is 0 Å². The summed E-state index contributed by atoms with van der Waals surface area (Å²) in [7, 11) is 0. The van der Waals surface area contributed by atoms with Gasteiger partial charge in [-0.05, 0) is 30.7 Å². The average molecular weight is 254 g/mol. The number of aromatic nitrogens is 3. The third kappa shape index (κ3) is 2.04. The smallest absolute Gasteiger partial charge is 0.125 e. The van der Waals surface area contributed by atoms with Crippen molar-refractivity contribution in [2.75, 3.05) is 5.73 Å². The molecule has 0 saturated heterocycles. The molecule has 2 heterocycles. The number of nitrogens with zero attached hydrogens (tertiary/aromatic N) is 2. The molecular formula is C14H14N4O. The molecule has 3 aromatic rings. The fourth-order valence-electron chi connectivity index (χ4n) is 2.12. The maximum absolute atomic E-state index is 10.3. The van der Waals surface area contributed by atoms with Gasteiger partial charge in [0, 0.05) is 16.6 Å². The van der Waals surface area contributed by atoms with Crippen LogP contribution in [0.2, 0.25) is 0 Å². The number of fused-ring (bicyclic) bond motifs is 1. The molecule has 0 saturated carbocycles. The van der Waals surface area contributed by atoms with Crippen molar-refractivity contribution in [3.05, 3.63) is 53.3 Å². The van der Waals surface area contributed by atoms with Gasteiger partial charge in [0.2, 0.25) is 0 Å². The Morgan fingerprint density at radius 1 is 1.26 bits per heavy atom. The number of hydrogen-bond donors (Lipinski definition) is 3. The number of nitrogens with one attached hydrogen (secondary N) is 1. The van der Waals surface area contributed by atoms with Crippen LogP contribution in [0.5, 0.6) is 0 Å². The van der Waals surface area contributed by atoms with Crippen LogP contribution in [0.4, 0.5) is 5.82 Å². The van der Waals surface area contributed by atoms with Gasteiger partial charge in [0.25, 0.3) is 0 Å². The molecule has 3 rings (SSSR count). The minimum atomic E-state index is -0.788. The summed E-state index contributed by atoms with van der Waals surface area (Å²) in [6, 6.07) is 9.61. The van der Waals surface area contributed by atoms with Crippen LogP contribution in [0.1, 0.15) is 22.9 Å². The topological polar surface area (TPSA) is 87.8 Å². The standard InChI is InChI=1S/C14H14N4O/c1-8-2-3-9-6-10(4-5-12(9)17-8)13(19)11-7-16-18-14(11)15/h2-7,13,19H,1H3,(H3,15,16,18). The molecule has 1 unspecified atom stereocenters. The first kappa shape index (κ1) is 11.7. The fourth-order valence-corrected chi connectivity index (χ4v) is 2.12. The third-order valence-electron chi connectivity index (χ3n) is 3.16. The molecule has 4 N–H and O–H groups in total. The van der Waals surface area contributed by atoms with Crippen LogP contribution in [0.15, 0.2) is 36.5 Å². The van der Waals surface area contributed by atoms with Gasteiger partial charge in [-0.3, -0.25) is 10.1 Å². The zero-order valence-corrected chi connectivity index (χ0v) is 10.5. The summed E-state index contributed by atoms with van der Waals surface area (Å²) in [6.07, 6.45) is 0.752. The highest BCUT2D eigenvalue weighted by molar-refractivity contribution is 5.79. The van der Waals surface area contributed by atoms with Crippen molar-refractivity contribution in [2.45, 2.75) is 13.0 Å². The Kier molecular flexibility index (Phi) is 2.68. The van der Waals surface area contributed by atoms with E-state index in [1.54, 1.807) is 0 Å². The van der Waals surface area contributed by atoms with E-state index in [1.165, 1.54) is 6.20 Å². The Morgan fingerprint density at radius 2 is 2.11 bits per heavy atom. The van der Waals surface area contributed by atoms with Crippen LogP contribution in [0.3, 0.4) is 0 Å². The number of aryl methyl sites for hydroxylation is 1. The Labute approximate surface area is 110 Å². The number of benzene rings is 1. The first-order chi connectivity index (χ1) is 9.15. The van der Waals surface area contributed by atoms with E-state index in [1.807, 2.05) is 37.3 Å². The van der Waals surface area contributed by atoms with Crippen LogP contribution in [-0.4, -0.2) is 20.3 Å². The summed E-state index contributed by atoms with van der Waals surface area (Å²) < 4.78 is 0. The monoisotopic (exact) mass is 254 g/mol. The summed E-state index contributed by atoms with van der Waals surface area (Å²) in [5.74, 6) is 0.384. The van der Waals surface area contributed by atoms with Crippen LogP contribution in [0, 0.1) is 6.92 Å². The number of aliphatic hydroxyl groups is 1. The van der Waals surface area contributed by atoms with Gasteiger partial charge < -0.3 is 10.8 Å². The molecule has 0 bridgehead atoms. The van der Waals surface area contributed by atoms with Gasteiger partial charge in [0.15, 0.2) is 0 Å². The van der Waals surface area contributed by atoms with Gasteiger partial charge in [-0.2, -0.15) is 5.10 Å². The molecule has 19 heavy (non-hydrogen) atoms. The Bertz CT molecular complexity index is 735. The number of anilines is 1. The second-order valence-corrected chi connectivity index (χ2v) is 4.55. The van der Waals surface area contributed by atoms with Gasteiger partial charge in [0.1, 0.15) is 11.9 Å². The van der Waals surface area contributed by atoms with E-state index in [9.17, 15) is 5.11 Å². The summed E-state index contributed by atoms with van der Waals surface area (Å²) in [4.78, 5) is 4.43. The van der Waals surface area contributed by atoms with E-state index in [2.05, 4.69) is 15.2 Å². The quantitative estimate of drug-likeness (QED) is 0.652. The molecule has 0 aliphatic heterocycles. The third-order valence-corrected chi connectivity index (χ3v) is 3.16. The molecular weight excluding hydrogens is 240 g/mol. The lowest BCUT2D eigenvalue weighted by atomic mass is 10.0. The van der Waals surface area contributed by atoms with Crippen molar-refractivity contribution in [3.8, 4) is 0 Å². The van der Waals surface area contributed by atoms with Gasteiger partial charge in [-0.15, -0.1) is 0 Å². The number of nitrogens with two attached hydrogens (primary N) is 1. The molecule has 0 spiro atoms. The second kappa shape index (κ2) is 4.37. The van der Waals surface area contributed by atoms with Crippen molar-refractivity contribution < 1.29 is 5.11 Å². The fraction of sp³-hybridized carbons (Fsp3) is 0.143. The Morgan fingerprint density at radius 3 is 2.84 bits per heavy atom. The van der Waals surface area contributed by atoms with Crippen LogP contribution in [0.25, 0.3) is 10.9 Å². The summed E-state index contributed by atoms with van der Waals surface area (Å²) in [5, 5.41) is 17.7. The highest BCUT2D eigenvalue weighted by Crippen LogP contribution is 2.27. The highest BCUT2D eigenvalue weighted by atomic mass is 16.3. The Hall–Kier alpha value is -2.40. The largest absolute Gasteiger partial charge is 0.384 e. The molecule has 5 nitrogen and oxygen atoms in total. The van der Waals surface area contributed by atoms with Gasteiger partial charge in [0.05, 0.1) is 11.7 Å². The molecule has 0 fully saturated rings. The molecule has 0 radical (unpaired) electrons. The van der Waals surface area contributed by atoms with E-state index < -0.39 is 6.10 Å². The summed E-state index contributed by atoms with van der Waals surface area (Å²) >= 11 is 0. The number of nitrogen functional groups attached to an aromatic ring is 1. The van der Waals surface area contributed by atoms with Crippen LogP contribution >= 0.6 is 0 Å². The van der Waals surface area contributed by atoms with Crippen molar-refractivity contribution >= 4 is 16.7 Å². The molecule has 0 aliphatic rings. The summed E-state index contributed by atoms with van der Waals surface area (Å²) in [6.45, 7) is 1.95. The minimum absolute atomic E-state index is 0.384. The van der Waals surface area contributed by atoms with E-state index in [4.69, 9.17) is 5.73 Å². The second-order valence-electron chi connectivity index (χ2n) is 4.55. The first-order valence-electron chi connectivity index (χ1n) is 5.99. The number of aromatic amines is 1. The first-order valence-corrected chi connectivity index (χ1v) is 5.99. The number of aliphatic hydroxyl groups excluding tert-OH is 1. The van der Waals surface area contributed by atoms with Gasteiger partial charge in [-0.25, -0.2) is 0 Å². The summed E-state index contributed by atoms with van der Waals surface area (Å²) in [5.41, 5.74) is 8.96. The number of H-pyrrole nitrogens is 1. The van der Waals surface area contributed by atoms with E-state index >= 15 is 0 Å². The lowest BCUT2D eigenvalue weighted by molar-refractivity contribution is 0.221. The lowest BCUT2D eigenvalue weighted by Crippen LogP contribution is -2.02. The minimum Gasteiger partial charge on any atom is -0.384 e. The molecule has 1 atom stereocenters. The maximum atomic E-state index is 10.3. The van der Waals surface area contributed by atoms with Crippen LogP contribution < -0.4 is 5.73 Å². The number of hydrogen-bond acceptors (Lipinski definition) is 4. The van der Waals surface area contributed by atoms with Gasteiger partial charge in [-0.1, -0.05) is 12.1 Å². The Balaban J connectivity index is 2.06. The lowest BCUT2D eigenvalue weighted by Gasteiger charge is -2.11. The predicted octanol–water partition coefficient (Wildman–Crippen LogP) is 1.93. The zero-order valence-electron chi connectivity index (χ0n) is 10.5. The molecule has 0 aliphatic carbocycles. The SMILES string of the molecule is Cc1ccc2cc(C(O)c3cn[nH]c3N)ccc2n1. The van der Waals surface area contributed by atoms with Gasteiger partial charge >= 0.3 is 0 Å². The highest BCUT2D eigenvalue weighted by Gasteiger charge is 2.15. The van der Waals surface area contributed by atoms with Crippen LogP contribution in [-0.2, 0) is 0 Å². The van der Waals surface area contributed by atoms with E-state index in [0.29, 0.717) is 11.4 Å². The molecule has 0 amide bonds. The number of rotatable bonds is 2. The zero-order chi connectivity index (χ0) is 13.4. The average Bonchev–Trinajstić information content (AvgIpc) is 2.83. The molecule has 2 aromatic heterocycles. The number of pyridine rings is 1. The van der Waals surface area contributed by atoms with Crippen molar-refractivity contribution in [3.63, 3.8) is 0 Å². The van der Waals surface area contributed by atoms with E-state index in [-0.39, 0.29) is 0 Å². The normalized spacial score (nSPS) is 12.7. The predicted molar refractivity (Wildman–Crippen MR) is 73.5 cm³/mol. The molecule has 5 heteroatoms.